The number of anilines is 4. The third-order valence-corrected chi connectivity index (χ3v) is 5.19. The van der Waals surface area contributed by atoms with Gasteiger partial charge in [0.1, 0.15) is 0 Å². The Kier molecular flexibility index (Phi) is 5.75. The minimum atomic E-state index is -0.176. The summed E-state index contributed by atoms with van der Waals surface area (Å²) in [5.74, 6) is -0.176. The largest absolute Gasteiger partial charge is 0.372 e. The second kappa shape index (κ2) is 8.78. The molecule has 0 atom stereocenters. The fourth-order valence-electron chi connectivity index (χ4n) is 3.55. The predicted molar refractivity (Wildman–Crippen MR) is 119 cm³/mol. The van der Waals surface area contributed by atoms with Crippen LogP contribution in [0.1, 0.15) is 35.2 Å². The van der Waals surface area contributed by atoms with Crippen molar-refractivity contribution in [3.05, 3.63) is 78.1 Å². The van der Waals surface area contributed by atoms with Gasteiger partial charge in [-0.1, -0.05) is 17.7 Å². The van der Waals surface area contributed by atoms with E-state index in [-0.39, 0.29) is 5.91 Å². The van der Waals surface area contributed by atoms with Gasteiger partial charge in [0.2, 0.25) is 0 Å². The van der Waals surface area contributed by atoms with Gasteiger partial charge in [-0.2, -0.15) is 0 Å². The summed E-state index contributed by atoms with van der Waals surface area (Å²) in [7, 11) is 0. The highest BCUT2D eigenvalue weighted by atomic mass is 16.1. The molecule has 2 N–H and O–H groups in total. The van der Waals surface area contributed by atoms with Gasteiger partial charge in [-0.15, -0.1) is 0 Å². The van der Waals surface area contributed by atoms with Crippen LogP contribution in [0.3, 0.4) is 0 Å². The average molecular weight is 386 g/mol. The number of nitrogens with one attached hydrogen (secondary N) is 2. The molecule has 2 heterocycles. The van der Waals surface area contributed by atoms with E-state index in [4.69, 9.17) is 0 Å². The molecule has 5 nitrogen and oxygen atoms in total. The quantitative estimate of drug-likeness (QED) is 0.618. The molecule has 1 aromatic heterocycles. The molecule has 3 aromatic rings. The Balaban J connectivity index is 1.41. The SMILES string of the molecule is Cc1ccc(NC(=O)c2cncc(Nc3ccc(N4CCCCC4)cc3)c2)cc1. The highest BCUT2D eigenvalue weighted by molar-refractivity contribution is 6.04. The number of aromatic nitrogens is 1. The molecule has 1 aliphatic rings. The molecule has 1 aliphatic heterocycles. The Labute approximate surface area is 171 Å². The van der Waals surface area contributed by atoms with Crippen LogP contribution in [0, 0.1) is 6.92 Å². The van der Waals surface area contributed by atoms with Crippen molar-refractivity contribution >= 4 is 28.7 Å². The van der Waals surface area contributed by atoms with Crippen LogP contribution in [0.2, 0.25) is 0 Å². The Bertz CT molecular complexity index is 961. The van der Waals surface area contributed by atoms with E-state index in [9.17, 15) is 4.79 Å². The molecule has 5 heteroatoms. The molecule has 29 heavy (non-hydrogen) atoms. The topological polar surface area (TPSA) is 57.3 Å². The summed E-state index contributed by atoms with van der Waals surface area (Å²) in [6, 6.07) is 18.0. The van der Waals surface area contributed by atoms with Crippen LogP contribution in [0.4, 0.5) is 22.7 Å². The molecule has 2 aromatic carbocycles. The monoisotopic (exact) mass is 386 g/mol. The maximum Gasteiger partial charge on any atom is 0.257 e. The first-order valence-corrected chi connectivity index (χ1v) is 10.1. The van der Waals surface area contributed by atoms with E-state index in [1.807, 2.05) is 37.3 Å². The van der Waals surface area contributed by atoms with Gasteiger partial charge in [-0.25, -0.2) is 0 Å². The molecule has 0 spiro atoms. The molecule has 1 saturated heterocycles. The average Bonchev–Trinajstić information content (AvgIpc) is 2.77. The van der Waals surface area contributed by atoms with Crippen LogP contribution in [0.15, 0.2) is 67.0 Å². The normalized spacial score (nSPS) is 13.8. The lowest BCUT2D eigenvalue weighted by Gasteiger charge is -2.28. The molecule has 0 saturated carbocycles. The lowest BCUT2D eigenvalue weighted by atomic mass is 10.1. The van der Waals surface area contributed by atoms with Gasteiger partial charge in [0.25, 0.3) is 5.91 Å². The fraction of sp³-hybridized carbons (Fsp3) is 0.250. The number of carbonyl (C=O) groups excluding carboxylic acids is 1. The van der Waals surface area contributed by atoms with E-state index in [1.165, 1.54) is 24.9 Å². The third-order valence-electron chi connectivity index (χ3n) is 5.19. The maximum absolute atomic E-state index is 12.5. The van der Waals surface area contributed by atoms with Gasteiger partial charge >= 0.3 is 0 Å². The van der Waals surface area contributed by atoms with E-state index < -0.39 is 0 Å². The highest BCUT2D eigenvalue weighted by Crippen LogP contribution is 2.24. The minimum Gasteiger partial charge on any atom is -0.372 e. The Morgan fingerprint density at radius 2 is 1.55 bits per heavy atom. The first kappa shape index (κ1) is 19.0. The number of benzene rings is 2. The summed E-state index contributed by atoms with van der Waals surface area (Å²) in [6.07, 6.45) is 7.17. The van der Waals surface area contributed by atoms with Crippen molar-refractivity contribution in [2.24, 2.45) is 0 Å². The van der Waals surface area contributed by atoms with Crippen molar-refractivity contribution in [3.8, 4) is 0 Å². The first-order valence-electron chi connectivity index (χ1n) is 10.1. The number of piperidine rings is 1. The zero-order valence-corrected chi connectivity index (χ0v) is 16.7. The standard InChI is InChI=1S/C24H26N4O/c1-18-5-7-21(8-6-18)27-24(29)19-15-22(17-25-16-19)26-20-9-11-23(12-10-20)28-13-3-2-4-14-28/h5-12,15-17,26H,2-4,13-14H2,1H3,(H,27,29). The van der Waals surface area contributed by atoms with Crippen molar-refractivity contribution in [2.75, 3.05) is 28.6 Å². The minimum absolute atomic E-state index is 0.176. The van der Waals surface area contributed by atoms with Gasteiger partial charge in [0, 0.05) is 36.3 Å². The number of rotatable bonds is 5. The number of pyridine rings is 1. The van der Waals surface area contributed by atoms with Gasteiger partial charge < -0.3 is 15.5 Å². The van der Waals surface area contributed by atoms with Gasteiger partial charge in [0.05, 0.1) is 17.4 Å². The number of aryl methyl sites for hydroxylation is 1. The molecule has 148 valence electrons. The van der Waals surface area contributed by atoms with E-state index >= 15 is 0 Å². The summed E-state index contributed by atoms with van der Waals surface area (Å²) >= 11 is 0. The molecule has 0 bridgehead atoms. The predicted octanol–water partition coefficient (Wildman–Crippen LogP) is 5.38. The Hall–Kier alpha value is -3.34. The summed E-state index contributed by atoms with van der Waals surface area (Å²) in [6.45, 7) is 4.29. The summed E-state index contributed by atoms with van der Waals surface area (Å²) in [5, 5.41) is 6.25. The molecule has 1 fully saturated rings. The first-order chi connectivity index (χ1) is 14.2. The van der Waals surface area contributed by atoms with Gasteiger partial charge in [-0.05, 0) is 68.7 Å². The van der Waals surface area contributed by atoms with E-state index in [0.29, 0.717) is 5.56 Å². The second-order valence-corrected chi connectivity index (χ2v) is 7.50. The molecule has 0 aliphatic carbocycles. The maximum atomic E-state index is 12.5. The zero-order chi connectivity index (χ0) is 20.1. The Morgan fingerprint density at radius 3 is 2.28 bits per heavy atom. The molecular weight excluding hydrogens is 360 g/mol. The second-order valence-electron chi connectivity index (χ2n) is 7.50. The molecule has 0 unspecified atom stereocenters. The zero-order valence-electron chi connectivity index (χ0n) is 16.7. The van der Waals surface area contributed by atoms with Gasteiger partial charge in [0.15, 0.2) is 0 Å². The number of hydrogen-bond acceptors (Lipinski definition) is 4. The van der Waals surface area contributed by atoms with Crippen molar-refractivity contribution in [1.82, 2.24) is 4.98 Å². The molecule has 0 radical (unpaired) electrons. The van der Waals surface area contributed by atoms with Crippen molar-refractivity contribution in [3.63, 3.8) is 0 Å². The summed E-state index contributed by atoms with van der Waals surface area (Å²) < 4.78 is 0. The van der Waals surface area contributed by atoms with Crippen LogP contribution in [0.5, 0.6) is 0 Å². The van der Waals surface area contributed by atoms with E-state index in [0.717, 1.165) is 35.7 Å². The van der Waals surface area contributed by atoms with Crippen molar-refractivity contribution in [2.45, 2.75) is 26.2 Å². The molecule has 4 rings (SSSR count). The van der Waals surface area contributed by atoms with Crippen LogP contribution >= 0.6 is 0 Å². The van der Waals surface area contributed by atoms with Crippen LogP contribution < -0.4 is 15.5 Å². The van der Waals surface area contributed by atoms with Gasteiger partial charge in [-0.3, -0.25) is 9.78 Å². The highest BCUT2D eigenvalue weighted by Gasteiger charge is 2.11. The lowest BCUT2D eigenvalue weighted by Crippen LogP contribution is -2.29. The van der Waals surface area contributed by atoms with E-state index in [2.05, 4.69) is 44.8 Å². The fourth-order valence-corrected chi connectivity index (χ4v) is 3.55. The van der Waals surface area contributed by atoms with Crippen LogP contribution in [0.25, 0.3) is 0 Å². The number of hydrogen-bond donors (Lipinski definition) is 2. The summed E-state index contributed by atoms with van der Waals surface area (Å²) in [4.78, 5) is 19.2. The number of carbonyl (C=O) groups is 1. The van der Waals surface area contributed by atoms with Crippen molar-refractivity contribution in [1.29, 1.82) is 0 Å². The molecule has 1 amide bonds. The summed E-state index contributed by atoms with van der Waals surface area (Å²) in [5.41, 5.74) is 5.46. The third kappa shape index (κ3) is 4.93. The van der Waals surface area contributed by atoms with E-state index in [1.54, 1.807) is 12.4 Å². The van der Waals surface area contributed by atoms with Crippen LogP contribution in [-0.4, -0.2) is 24.0 Å². The van der Waals surface area contributed by atoms with Crippen LogP contribution in [-0.2, 0) is 0 Å². The Morgan fingerprint density at radius 1 is 0.862 bits per heavy atom. The lowest BCUT2D eigenvalue weighted by molar-refractivity contribution is 0.102. The van der Waals surface area contributed by atoms with Crippen molar-refractivity contribution < 1.29 is 4.79 Å². The smallest absolute Gasteiger partial charge is 0.257 e. The molecular formula is C24H26N4O. The number of nitrogens with zero attached hydrogens (tertiary/aromatic N) is 2. The number of amides is 1.